The Bertz CT molecular complexity index is 1660. The van der Waals surface area contributed by atoms with Gasteiger partial charge in [0.1, 0.15) is 0 Å². The van der Waals surface area contributed by atoms with Crippen molar-refractivity contribution in [3.63, 3.8) is 0 Å². The summed E-state index contributed by atoms with van der Waals surface area (Å²) in [5.74, 6) is -0.156. The average Bonchev–Trinajstić information content (AvgIpc) is 3.31. The van der Waals surface area contributed by atoms with Crippen LogP contribution < -0.4 is 15.5 Å². The van der Waals surface area contributed by atoms with Gasteiger partial charge in [-0.15, -0.1) is 0 Å². The van der Waals surface area contributed by atoms with E-state index in [4.69, 9.17) is 11.6 Å². The number of carbonyl (C=O) groups excluding carboxylic acids is 2. The highest BCUT2D eigenvalue weighted by molar-refractivity contribution is 6.38. The van der Waals surface area contributed by atoms with Crippen molar-refractivity contribution in [1.82, 2.24) is 14.8 Å². The Morgan fingerprint density at radius 2 is 1.80 bits per heavy atom. The summed E-state index contributed by atoms with van der Waals surface area (Å²) < 4.78 is 0. The molecule has 0 aliphatic carbocycles. The van der Waals surface area contributed by atoms with Crippen LogP contribution in [0.15, 0.2) is 79.0 Å². The van der Waals surface area contributed by atoms with Gasteiger partial charge in [0.15, 0.2) is 0 Å². The molecule has 4 aromatic rings. The maximum Gasteiger partial charge on any atom is 0.258 e. The number of amides is 2. The Morgan fingerprint density at radius 1 is 1.02 bits per heavy atom. The number of nitrogens with one attached hydrogen (secondary N) is 2. The third-order valence-corrected chi connectivity index (χ3v) is 7.96. The molecule has 208 valence electrons. The van der Waals surface area contributed by atoms with Crippen LogP contribution in [0.5, 0.6) is 0 Å². The molecule has 1 aromatic heterocycles. The molecule has 41 heavy (non-hydrogen) atoms. The first-order valence-corrected chi connectivity index (χ1v) is 14.0. The lowest BCUT2D eigenvalue weighted by molar-refractivity contribution is -0.119. The van der Waals surface area contributed by atoms with E-state index in [1.807, 2.05) is 60.7 Å². The Morgan fingerprint density at radius 3 is 2.59 bits per heavy atom. The molecule has 1 saturated heterocycles. The van der Waals surface area contributed by atoms with Gasteiger partial charge in [0.25, 0.3) is 5.91 Å². The zero-order valence-electron chi connectivity index (χ0n) is 23.0. The minimum atomic E-state index is -0.211. The van der Waals surface area contributed by atoms with E-state index in [2.05, 4.69) is 32.5 Å². The number of carbonyl (C=O) groups is 2. The predicted octanol–water partition coefficient (Wildman–Crippen LogP) is 5.03. The largest absolute Gasteiger partial charge is 0.354 e. The van der Waals surface area contributed by atoms with E-state index in [0.717, 1.165) is 59.6 Å². The maximum atomic E-state index is 13.3. The molecular weight excluding hydrogens is 536 g/mol. The molecule has 3 aromatic carbocycles. The van der Waals surface area contributed by atoms with Crippen molar-refractivity contribution in [2.24, 2.45) is 0 Å². The topological polar surface area (TPSA) is 80.8 Å². The van der Waals surface area contributed by atoms with Gasteiger partial charge in [-0.3, -0.25) is 19.5 Å². The van der Waals surface area contributed by atoms with Gasteiger partial charge in [-0.1, -0.05) is 35.9 Å². The number of nitrogens with zero attached hydrogens (tertiary/aromatic N) is 4. The van der Waals surface area contributed by atoms with Crippen LogP contribution in [0.25, 0.3) is 22.2 Å². The number of pyridine rings is 1. The molecule has 6 rings (SSSR count). The Balaban J connectivity index is 1.30. The van der Waals surface area contributed by atoms with Crippen LogP contribution in [0.4, 0.5) is 17.1 Å². The standard InChI is InChI=1S/C32H31ClN6O2/c1-37-14-16-39(17-15-37)20-29(40)38(2)25-10-8-24(9-11-25)35-31(22-6-5-21-4-3-13-34-27(21)18-22)30-26-12-7-23(33)19-28(26)36-32(30)41/h3-13,18-19,35H,14-17,20H2,1-2H3,(H,36,41). The van der Waals surface area contributed by atoms with Crippen molar-refractivity contribution in [3.05, 3.63) is 95.1 Å². The van der Waals surface area contributed by atoms with Gasteiger partial charge in [-0.05, 0) is 55.6 Å². The molecular formula is C32H31ClN6O2. The van der Waals surface area contributed by atoms with Crippen molar-refractivity contribution >= 4 is 62.7 Å². The van der Waals surface area contributed by atoms with Crippen LogP contribution in [0.2, 0.25) is 5.02 Å². The lowest BCUT2D eigenvalue weighted by Crippen LogP contribution is -2.48. The minimum absolute atomic E-state index is 0.0552. The van der Waals surface area contributed by atoms with E-state index < -0.39 is 0 Å². The molecule has 2 aliphatic rings. The number of benzene rings is 3. The quantitative estimate of drug-likeness (QED) is 0.319. The van der Waals surface area contributed by atoms with E-state index in [0.29, 0.717) is 28.5 Å². The first-order valence-electron chi connectivity index (χ1n) is 13.6. The lowest BCUT2D eigenvalue weighted by Gasteiger charge is -2.32. The van der Waals surface area contributed by atoms with Gasteiger partial charge >= 0.3 is 0 Å². The number of hydrogen-bond donors (Lipinski definition) is 2. The Kier molecular flexibility index (Phi) is 7.45. The zero-order chi connectivity index (χ0) is 28.5. The number of halogens is 1. The molecule has 2 amide bonds. The zero-order valence-corrected chi connectivity index (χ0v) is 23.8. The van der Waals surface area contributed by atoms with Crippen LogP contribution in [-0.2, 0) is 9.59 Å². The van der Waals surface area contributed by atoms with E-state index in [1.165, 1.54) is 0 Å². The number of likely N-dealkylation sites (N-methyl/N-ethyl adjacent to an activating group) is 2. The summed E-state index contributed by atoms with van der Waals surface area (Å²) in [6.07, 6.45) is 1.76. The molecule has 2 aliphatic heterocycles. The van der Waals surface area contributed by atoms with Crippen molar-refractivity contribution in [2.75, 3.05) is 62.4 Å². The van der Waals surface area contributed by atoms with Gasteiger partial charge in [-0.2, -0.15) is 0 Å². The third kappa shape index (κ3) is 5.67. The highest BCUT2D eigenvalue weighted by Gasteiger charge is 2.29. The third-order valence-electron chi connectivity index (χ3n) is 7.72. The molecule has 3 heterocycles. The molecule has 0 radical (unpaired) electrons. The van der Waals surface area contributed by atoms with Crippen LogP contribution in [0.3, 0.4) is 0 Å². The van der Waals surface area contributed by atoms with E-state index >= 15 is 0 Å². The van der Waals surface area contributed by atoms with E-state index in [1.54, 1.807) is 30.3 Å². The number of rotatable bonds is 6. The molecule has 9 heteroatoms. The fourth-order valence-electron chi connectivity index (χ4n) is 5.25. The van der Waals surface area contributed by atoms with Crippen LogP contribution in [0, 0.1) is 0 Å². The SMILES string of the molecule is CN1CCN(CC(=O)N(C)c2ccc(NC(=C3C(=O)Nc4cc(Cl)ccc43)c3ccc4cccnc4c3)cc2)CC1. The van der Waals surface area contributed by atoms with Crippen LogP contribution in [0.1, 0.15) is 11.1 Å². The van der Waals surface area contributed by atoms with Crippen molar-refractivity contribution in [1.29, 1.82) is 0 Å². The molecule has 0 unspecified atom stereocenters. The average molecular weight is 567 g/mol. The monoisotopic (exact) mass is 566 g/mol. The van der Waals surface area contributed by atoms with Gasteiger partial charge < -0.3 is 20.4 Å². The molecule has 0 bridgehead atoms. The summed E-state index contributed by atoms with van der Waals surface area (Å²) in [6, 6.07) is 22.9. The smallest absolute Gasteiger partial charge is 0.258 e. The van der Waals surface area contributed by atoms with Crippen LogP contribution >= 0.6 is 11.6 Å². The van der Waals surface area contributed by atoms with Crippen molar-refractivity contribution in [3.8, 4) is 0 Å². The maximum absolute atomic E-state index is 13.3. The first-order chi connectivity index (χ1) is 19.9. The van der Waals surface area contributed by atoms with Gasteiger partial charge in [-0.25, -0.2) is 0 Å². The summed E-state index contributed by atoms with van der Waals surface area (Å²) in [6.45, 7) is 4.12. The van der Waals surface area contributed by atoms with E-state index in [9.17, 15) is 9.59 Å². The second-order valence-corrected chi connectivity index (χ2v) is 10.9. The minimum Gasteiger partial charge on any atom is -0.354 e. The molecule has 1 fully saturated rings. The fraction of sp³-hybridized carbons (Fsp3) is 0.219. The first kappa shape index (κ1) is 27.0. The molecule has 8 nitrogen and oxygen atoms in total. The van der Waals surface area contributed by atoms with Crippen molar-refractivity contribution in [2.45, 2.75) is 0 Å². The van der Waals surface area contributed by atoms with Crippen molar-refractivity contribution < 1.29 is 9.59 Å². The fourth-order valence-corrected chi connectivity index (χ4v) is 5.43. The second-order valence-electron chi connectivity index (χ2n) is 10.5. The highest BCUT2D eigenvalue weighted by Crippen LogP contribution is 2.39. The summed E-state index contributed by atoms with van der Waals surface area (Å²) in [5.41, 5.74) is 5.87. The highest BCUT2D eigenvalue weighted by atomic mass is 35.5. The number of hydrogen-bond acceptors (Lipinski definition) is 6. The Hall–Kier alpha value is -4.24. The second kappa shape index (κ2) is 11.3. The summed E-state index contributed by atoms with van der Waals surface area (Å²) in [4.78, 5) is 37.0. The summed E-state index contributed by atoms with van der Waals surface area (Å²) in [7, 11) is 3.91. The van der Waals surface area contributed by atoms with Crippen LogP contribution in [-0.4, -0.2) is 73.4 Å². The van der Waals surface area contributed by atoms with Gasteiger partial charge in [0.05, 0.1) is 29.0 Å². The number of anilines is 3. The van der Waals surface area contributed by atoms with Gasteiger partial charge in [0, 0.05) is 72.3 Å². The number of fused-ring (bicyclic) bond motifs is 2. The number of aromatic nitrogens is 1. The molecule has 2 N–H and O–H groups in total. The number of piperazine rings is 1. The Labute approximate surface area is 244 Å². The normalized spacial score (nSPS) is 16.8. The molecule has 0 spiro atoms. The van der Waals surface area contributed by atoms with Gasteiger partial charge in [0.2, 0.25) is 5.91 Å². The molecule has 0 atom stereocenters. The summed E-state index contributed by atoms with van der Waals surface area (Å²) >= 11 is 6.21. The summed E-state index contributed by atoms with van der Waals surface area (Å²) in [5, 5.41) is 8.00. The predicted molar refractivity (Wildman–Crippen MR) is 166 cm³/mol. The lowest BCUT2D eigenvalue weighted by atomic mass is 9.99. The molecule has 0 saturated carbocycles. The van der Waals surface area contributed by atoms with E-state index in [-0.39, 0.29) is 11.8 Å².